The van der Waals surface area contributed by atoms with Crippen molar-refractivity contribution in [1.29, 1.82) is 0 Å². The average molecular weight is 354 g/mol. The number of carboxylic acids is 1. The number of hydrogen-bond acceptors (Lipinski definition) is 4. The smallest absolute Gasteiger partial charge is 0.335 e. The summed E-state index contributed by atoms with van der Waals surface area (Å²) in [5.41, 5.74) is 3.42. The zero-order chi connectivity index (χ0) is 18.7. The van der Waals surface area contributed by atoms with Crippen LogP contribution in [0.25, 0.3) is 0 Å². The van der Waals surface area contributed by atoms with E-state index >= 15 is 0 Å². The van der Waals surface area contributed by atoms with Crippen molar-refractivity contribution < 1.29 is 19.4 Å². The van der Waals surface area contributed by atoms with Crippen molar-refractivity contribution in [3.63, 3.8) is 0 Å². The lowest BCUT2D eigenvalue weighted by molar-refractivity contribution is -0.126. The summed E-state index contributed by atoms with van der Waals surface area (Å²) in [5, 5.41) is 11.8. The molecular weight excluding hydrogens is 332 g/mol. The molecule has 1 aliphatic heterocycles. The highest BCUT2D eigenvalue weighted by Gasteiger charge is 2.29. The molecule has 3 rings (SSSR count). The molecule has 0 spiro atoms. The Balaban J connectivity index is 1.58. The number of carboxylic acid groups (broad SMARTS) is 1. The summed E-state index contributed by atoms with van der Waals surface area (Å²) in [6.45, 7) is 3.66. The van der Waals surface area contributed by atoms with E-state index in [4.69, 9.17) is 9.84 Å². The summed E-state index contributed by atoms with van der Waals surface area (Å²) < 4.78 is 5.41. The number of aromatic carboxylic acids is 1. The maximum absolute atomic E-state index is 12.5. The first kappa shape index (κ1) is 17.9. The van der Waals surface area contributed by atoms with Gasteiger partial charge in [-0.15, -0.1) is 0 Å². The van der Waals surface area contributed by atoms with Crippen molar-refractivity contribution in [3.05, 3.63) is 64.7 Å². The highest BCUT2D eigenvalue weighted by Crippen LogP contribution is 2.31. The van der Waals surface area contributed by atoms with E-state index in [1.165, 1.54) is 17.7 Å². The number of nitrogens with zero attached hydrogens (tertiary/aromatic N) is 1. The third-order valence-electron chi connectivity index (χ3n) is 4.78. The summed E-state index contributed by atoms with van der Waals surface area (Å²) in [5.74, 6) is -0.159. The number of hydrogen-bond donors (Lipinski definition) is 2. The Morgan fingerprint density at radius 3 is 2.58 bits per heavy atom. The first-order valence-corrected chi connectivity index (χ1v) is 8.48. The Hall–Kier alpha value is -2.86. The fraction of sp³-hybridized carbons (Fsp3) is 0.300. The van der Waals surface area contributed by atoms with Gasteiger partial charge in [0, 0.05) is 25.2 Å². The Morgan fingerprint density at radius 1 is 1.19 bits per heavy atom. The normalized spacial score (nSPS) is 14.5. The molecule has 26 heavy (non-hydrogen) atoms. The van der Waals surface area contributed by atoms with Crippen LogP contribution in [0.4, 0.5) is 0 Å². The number of methoxy groups -OCH3 is 1. The maximum atomic E-state index is 12.5. The van der Waals surface area contributed by atoms with Gasteiger partial charge in [-0.05, 0) is 36.2 Å². The van der Waals surface area contributed by atoms with Crippen LogP contribution in [0.5, 0.6) is 5.75 Å². The molecule has 0 saturated carbocycles. The Morgan fingerprint density at radius 2 is 1.92 bits per heavy atom. The highest BCUT2D eigenvalue weighted by atomic mass is 16.5. The van der Waals surface area contributed by atoms with Crippen LogP contribution in [-0.4, -0.2) is 35.0 Å². The van der Waals surface area contributed by atoms with Gasteiger partial charge in [-0.2, -0.15) is 0 Å². The fourth-order valence-corrected chi connectivity index (χ4v) is 3.15. The second kappa shape index (κ2) is 7.58. The van der Waals surface area contributed by atoms with Crippen molar-refractivity contribution in [2.75, 3.05) is 7.11 Å². The molecule has 1 aliphatic rings. The molecule has 0 bridgehead atoms. The molecule has 2 N–H and O–H groups in total. The number of carbonyl (C=O) groups excluding carboxylic acids is 1. The van der Waals surface area contributed by atoms with Crippen molar-refractivity contribution in [1.82, 2.24) is 10.2 Å². The predicted octanol–water partition coefficient (Wildman–Crippen LogP) is 2.41. The second-order valence-electron chi connectivity index (χ2n) is 6.40. The Labute approximate surface area is 152 Å². The number of carbonyl (C=O) groups is 2. The first-order chi connectivity index (χ1) is 12.5. The molecule has 6 heteroatoms. The van der Waals surface area contributed by atoms with Crippen LogP contribution in [-0.2, 0) is 24.4 Å². The maximum Gasteiger partial charge on any atom is 0.335 e. The monoisotopic (exact) mass is 354 g/mol. The van der Waals surface area contributed by atoms with Crippen LogP contribution in [0.1, 0.15) is 34.0 Å². The van der Waals surface area contributed by atoms with Gasteiger partial charge in [-0.25, -0.2) is 4.79 Å². The van der Waals surface area contributed by atoms with Gasteiger partial charge in [0.1, 0.15) is 5.75 Å². The van der Waals surface area contributed by atoms with Crippen LogP contribution in [0.15, 0.2) is 42.5 Å². The number of benzene rings is 2. The standard InChI is InChI=1S/C20H22N2O4/c1-13(22-11-16-4-3-5-18(26-2)17(16)12-22)19(23)21-10-14-6-8-15(9-7-14)20(24)25/h3-9,13H,10-12H2,1-2H3,(H,21,23)(H,24,25). The van der Waals surface area contributed by atoms with Crippen molar-refractivity contribution in [2.45, 2.75) is 32.6 Å². The van der Waals surface area contributed by atoms with Crippen molar-refractivity contribution in [3.8, 4) is 5.75 Å². The lowest BCUT2D eigenvalue weighted by Crippen LogP contribution is -2.42. The third kappa shape index (κ3) is 3.70. The zero-order valence-electron chi connectivity index (χ0n) is 14.9. The summed E-state index contributed by atoms with van der Waals surface area (Å²) in [7, 11) is 1.66. The van der Waals surface area contributed by atoms with E-state index in [-0.39, 0.29) is 17.5 Å². The average Bonchev–Trinajstić information content (AvgIpc) is 3.10. The summed E-state index contributed by atoms with van der Waals surface area (Å²) in [4.78, 5) is 25.5. The van der Waals surface area contributed by atoms with Gasteiger partial charge in [-0.3, -0.25) is 9.69 Å². The molecule has 136 valence electrons. The van der Waals surface area contributed by atoms with Gasteiger partial charge in [0.15, 0.2) is 0 Å². The van der Waals surface area contributed by atoms with Crippen molar-refractivity contribution >= 4 is 11.9 Å². The van der Waals surface area contributed by atoms with Crippen molar-refractivity contribution in [2.24, 2.45) is 0 Å². The van der Waals surface area contributed by atoms with Gasteiger partial charge in [0.05, 0.1) is 18.7 Å². The van der Waals surface area contributed by atoms with Gasteiger partial charge in [-0.1, -0.05) is 24.3 Å². The molecular formula is C20H22N2O4. The Kier molecular flexibility index (Phi) is 5.23. The number of ether oxygens (including phenoxy) is 1. The summed E-state index contributed by atoms with van der Waals surface area (Å²) >= 11 is 0. The third-order valence-corrected chi connectivity index (χ3v) is 4.78. The molecule has 0 aromatic heterocycles. The van der Waals surface area contributed by atoms with Gasteiger partial charge < -0.3 is 15.2 Å². The van der Waals surface area contributed by atoms with E-state index < -0.39 is 5.97 Å². The van der Waals surface area contributed by atoms with Gasteiger partial charge >= 0.3 is 5.97 Å². The number of amides is 1. The van der Waals surface area contributed by atoms with Crippen LogP contribution in [0, 0.1) is 0 Å². The SMILES string of the molecule is COc1cccc2c1CN(C(C)C(=O)NCc1ccc(C(=O)O)cc1)C2. The predicted molar refractivity (Wildman–Crippen MR) is 97.0 cm³/mol. The molecule has 2 aromatic carbocycles. The number of rotatable bonds is 6. The van der Waals surface area contributed by atoms with E-state index in [0.29, 0.717) is 19.6 Å². The van der Waals surface area contributed by atoms with E-state index in [9.17, 15) is 9.59 Å². The molecule has 1 atom stereocenters. The molecule has 1 unspecified atom stereocenters. The molecule has 1 amide bonds. The highest BCUT2D eigenvalue weighted by molar-refractivity contribution is 5.87. The van der Waals surface area contributed by atoms with Gasteiger partial charge in [0.2, 0.25) is 5.91 Å². The van der Waals surface area contributed by atoms with E-state index in [1.807, 2.05) is 19.1 Å². The van der Waals surface area contributed by atoms with Gasteiger partial charge in [0.25, 0.3) is 0 Å². The second-order valence-corrected chi connectivity index (χ2v) is 6.40. The van der Waals surface area contributed by atoms with Crippen LogP contribution in [0.2, 0.25) is 0 Å². The molecule has 0 aliphatic carbocycles. The first-order valence-electron chi connectivity index (χ1n) is 8.48. The van der Waals surface area contributed by atoms with Crippen LogP contribution in [0.3, 0.4) is 0 Å². The topological polar surface area (TPSA) is 78.9 Å². The number of fused-ring (bicyclic) bond motifs is 1. The minimum absolute atomic E-state index is 0.0564. The lowest BCUT2D eigenvalue weighted by atomic mass is 10.1. The molecule has 2 aromatic rings. The number of nitrogens with one attached hydrogen (secondary N) is 1. The lowest BCUT2D eigenvalue weighted by Gasteiger charge is -2.23. The molecule has 6 nitrogen and oxygen atoms in total. The molecule has 0 fully saturated rings. The largest absolute Gasteiger partial charge is 0.496 e. The van der Waals surface area contributed by atoms with Crippen LogP contribution >= 0.6 is 0 Å². The van der Waals surface area contributed by atoms with Crippen LogP contribution < -0.4 is 10.1 Å². The van der Waals surface area contributed by atoms with E-state index in [1.54, 1.807) is 19.2 Å². The summed E-state index contributed by atoms with van der Waals surface area (Å²) in [6.07, 6.45) is 0. The molecule has 0 radical (unpaired) electrons. The Bertz CT molecular complexity index is 817. The zero-order valence-corrected chi connectivity index (χ0v) is 14.9. The summed E-state index contributed by atoms with van der Waals surface area (Å²) in [6, 6.07) is 12.2. The minimum Gasteiger partial charge on any atom is -0.496 e. The quantitative estimate of drug-likeness (QED) is 0.833. The van der Waals surface area contributed by atoms with E-state index in [2.05, 4.69) is 16.3 Å². The molecule has 0 saturated heterocycles. The minimum atomic E-state index is -0.960. The fourth-order valence-electron chi connectivity index (χ4n) is 3.15. The molecule has 1 heterocycles. The van der Waals surface area contributed by atoms with E-state index in [0.717, 1.165) is 16.9 Å².